The molecule has 1 fully saturated rings. The fourth-order valence-corrected chi connectivity index (χ4v) is 2.45. The van der Waals surface area contributed by atoms with Gasteiger partial charge in [0.1, 0.15) is 5.15 Å². The number of aryl methyl sites for hydroxylation is 1. The Labute approximate surface area is 107 Å². The van der Waals surface area contributed by atoms with E-state index in [0.29, 0.717) is 5.15 Å². The minimum atomic E-state index is 0.122. The van der Waals surface area contributed by atoms with E-state index in [-0.39, 0.29) is 11.8 Å². The molecule has 0 radical (unpaired) electrons. The number of pyridine rings is 1. The molecule has 1 saturated carbocycles. The van der Waals surface area contributed by atoms with Crippen molar-refractivity contribution in [2.24, 2.45) is 5.92 Å². The van der Waals surface area contributed by atoms with Crippen LogP contribution in [0.3, 0.4) is 0 Å². The van der Waals surface area contributed by atoms with Gasteiger partial charge in [-0.05, 0) is 31.9 Å². The van der Waals surface area contributed by atoms with Gasteiger partial charge in [-0.1, -0.05) is 30.9 Å². The van der Waals surface area contributed by atoms with Crippen LogP contribution in [0.2, 0.25) is 5.15 Å². The van der Waals surface area contributed by atoms with Crippen molar-refractivity contribution < 1.29 is 4.79 Å². The van der Waals surface area contributed by atoms with E-state index in [1.807, 2.05) is 13.0 Å². The van der Waals surface area contributed by atoms with Crippen LogP contribution < -0.4 is 5.32 Å². The van der Waals surface area contributed by atoms with Gasteiger partial charge in [-0.25, -0.2) is 4.98 Å². The fourth-order valence-electron chi connectivity index (χ4n) is 2.26. The highest BCUT2D eigenvalue weighted by Gasteiger charge is 2.21. The van der Waals surface area contributed by atoms with Crippen LogP contribution in [0.15, 0.2) is 12.1 Å². The van der Waals surface area contributed by atoms with Crippen LogP contribution in [-0.2, 0) is 4.79 Å². The molecule has 92 valence electrons. The van der Waals surface area contributed by atoms with Crippen LogP contribution in [0.25, 0.3) is 0 Å². The zero-order chi connectivity index (χ0) is 12.3. The molecular formula is C13H17ClN2O. The quantitative estimate of drug-likeness (QED) is 0.818. The Morgan fingerprint density at radius 1 is 1.35 bits per heavy atom. The van der Waals surface area contributed by atoms with E-state index in [9.17, 15) is 4.79 Å². The molecule has 0 bridgehead atoms. The van der Waals surface area contributed by atoms with Gasteiger partial charge in [0.2, 0.25) is 5.91 Å². The summed E-state index contributed by atoms with van der Waals surface area (Å²) in [5.74, 6) is 0.288. The van der Waals surface area contributed by atoms with Gasteiger partial charge in [0.25, 0.3) is 0 Å². The minimum absolute atomic E-state index is 0.122. The monoisotopic (exact) mass is 252 g/mol. The van der Waals surface area contributed by atoms with Crippen molar-refractivity contribution in [2.45, 2.75) is 39.0 Å². The van der Waals surface area contributed by atoms with Gasteiger partial charge < -0.3 is 5.32 Å². The van der Waals surface area contributed by atoms with Crippen molar-refractivity contribution in [3.05, 3.63) is 23.0 Å². The maximum atomic E-state index is 12.0. The van der Waals surface area contributed by atoms with Gasteiger partial charge in [-0.15, -0.1) is 0 Å². The molecule has 0 aliphatic heterocycles. The number of hydrogen-bond donors (Lipinski definition) is 1. The van der Waals surface area contributed by atoms with Crippen LogP contribution in [0.5, 0.6) is 0 Å². The van der Waals surface area contributed by atoms with E-state index in [1.54, 1.807) is 6.07 Å². The lowest BCUT2D eigenvalue weighted by Gasteiger charge is -2.21. The predicted molar refractivity (Wildman–Crippen MR) is 69.2 cm³/mol. The summed E-state index contributed by atoms with van der Waals surface area (Å²) in [5.41, 5.74) is 1.53. The molecule has 1 heterocycles. The first kappa shape index (κ1) is 12.4. The minimum Gasteiger partial charge on any atom is -0.324 e. The second-order valence-electron chi connectivity index (χ2n) is 4.59. The molecule has 1 aliphatic carbocycles. The van der Waals surface area contributed by atoms with Crippen molar-refractivity contribution in [1.29, 1.82) is 0 Å². The summed E-state index contributed by atoms with van der Waals surface area (Å²) in [5, 5.41) is 3.40. The fraction of sp³-hybridized carbons (Fsp3) is 0.538. The Morgan fingerprint density at radius 2 is 2.06 bits per heavy atom. The average Bonchev–Trinajstić information content (AvgIpc) is 2.34. The number of aromatic nitrogens is 1. The molecule has 1 aromatic heterocycles. The largest absolute Gasteiger partial charge is 0.324 e. The Balaban J connectivity index is 2.02. The summed E-state index contributed by atoms with van der Waals surface area (Å²) >= 11 is 5.78. The Morgan fingerprint density at radius 3 is 2.71 bits per heavy atom. The lowest BCUT2D eigenvalue weighted by Crippen LogP contribution is -2.25. The topological polar surface area (TPSA) is 42.0 Å². The van der Waals surface area contributed by atoms with Gasteiger partial charge in [-0.3, -0.25) is 4.79 Å². The molecule has 2 rings (SSSR count). The molecule has 0 saturated heterocycles. The van der Waals surface area contributed by atoms with E-state index in [1.165, 1.54) is 6.42 Å². The van der Waals surface area contributed by atoms with E-state index >= 15 is 0 Å². The normalized spacial score (nSPS) is 16.8. The molecular weight excluding hydrogens is 236 g/mol. The highest BCUT2D eigenvalue weighted by Crippen LogP contribution is 2.25. The third-order valence-corrected chi connectivity index (χ3v) is 3.50. The van der Waals surface area contributed by atoms with Crippen molar-refractivity contribution in [1.82, 2.24) is 4.98 Å². The second-order valence-corrected chi connectivity index (χ2v) is 4.98. The zero-order valence-electron chi connectivity index (χ0n) is 10.0. The maximum Gasteiger partial charge on any atom is 0.227 e. The van der Waals surface area contributed by atoms with Crippen LogP contribution in [-0.4, -0.2) is 10.9 Å². The van der Waals surface area contributed by atoms with Gasteiger partial charge in [0.05, 0.1) is 11.4 Å². The van der Waals surface area contributed by atoms with E-state index in [2.05, 4.69) is 10.3 Å². The third-order valence-electron chi connectivity index (χ3n) is 3.29. The Kier molecular flexibility index (Phi) is 4.00. The van der Waals surface area contributed by atoms with Gasteiger partial charge in [0.15, 0.2) is 0 Å². The number of anilines is 1. The van der Waals surface area contributed by atoms with Gasteiger partial charge in [-0.2, -0.15) is 0 Å². The number of carbonyl (C=O) groups excluding carboxylic acids is 1. The second kappa shape index (κ2) is 5.50. The summed E-state index contributed by atoms with van der Waals surface area (Å²) in [4.78, 5) is 16.2. The summed E-state index contributed by atoms with van der Waals surface area (Å²) in [6.45, 7) is 1.85. The molecule has 1 aliphatic rings. The highest BCUT2D eigenvalue weighted by atomic mass is 35.5. The molecule has 1 N–H and O–H groups in total. The molecule has 1 aromatic rings. The Bertz CT molecular complexity index is 414. The molecule has 0 aromatic carbocycles. The number of nitrogens with zero attached hydrogens (tertiary/aromatic N) is 1. The smallest absolute Gasteiger partial charge is 0.227 e. The zero-order valence-corrected chi connectivity index (χ0v) is 10.8. The number of amides is 1. The SMILES string of the molecule is Cc1nc(Cl)ccc1NC(=O)C1CCCCC1. The molecule has 1 amide bonds. The molecule has 17 heavy (non-hydrogen) atoms. The van der Waals surface area contributed by atoms with Crippen molar-refractivity contribution in [2.75, 3.05) is 5.32 Å². The number of hydrogen-bond acceptors (Lipinski definition) is 2. The predicted octanol–water partition coefficient (Wildman–Crippen LogP) is 3.56. The van der Waals surface area contributed by atoms with Gasteiger partial charge in [0, 0.05) is 5.92 Å². The van der Waals surface area contributed by atoms with Crippen LogP contribution in [0.4, 0.5) is 5.69 Å². The van der Waals surface area contributed by atoms with E-state index in [4.69, 9.17) is 11.6 Å². The maximum absolute atomic E-state index is 12.0. The number of halogens is 1. The highest BCUT2D eigenvalue weighted by molar-refractivity contribution is 6.29. The van der Waals surface area contributed by atoms with E-state index in [0.717, 1.165) is 37.1 Å². The molecule has 3 nitrogen and oxygen atoms in total. The van der Waals surface area contributed by atoms with Crippen molar-refractivity contribution >= 4 is 23.2 Å². The standard InChI is InChI=1S/C13H17ClN2O/c1-9-11(7-8-12(14)15-9)16-13(17)10-5-3-2-4-6-10/h7-8,10H,2-6H2,1H3,(H,16,17). The van der Waals surface area contributed by atoms with Crippen LogP contribution in [0, 0.1) is 12.8 Å². The Hall–Kier alpha value is -1.09. The number of nitrogens with one attached hydrogen (secondary N) is 1. The summed E-state index contributed by atoms with van der Waals surface area (Å²) in [6.07, 6.45) is 5.59. The third kappa shape index (κ3) is 3.19. The van der Waals surface area contributed by atoms with Gasteiger partial charge >= 0.3 is 0 Å². The molecule has 0 atom stereocenters. The average molecular weight is 253 g/mol. The summed E-state index contributed by atoms with van der Waals surface area (Å²) in [6, 6.07) is 3.51. The summed E-state index contributed by atoms with van der Waals surface area (Å²) in [7, 11) is 0. The summed E-state index contributed by atoms with van der Waals surface area (Å²) < 4.78 is 0. The molecule has 4 heteroatoms. The van der Waals surface area contributed by atoms with E-state index < -0.39 is 0 Å². The number of carbonyl (C=O) groups is 1. The first-order chi connectivity index (χ1) is 8.16. The van der Waals surface area contributed by atoms with Crippen LogP contribution >= 0.6 is 11.6 Å². The van der Waals surface area contributed by atoms with Crippen LogP contribution in [0.1, 0.15) is 37.8 Å². The van der Waals surface area contributed by atoms with Crippen molar-refractivity contribution in [3.63, 3.8) is 0 Å². The van der Waals surface area contributed by atoms with Crippen molar-refractivity contribution in [3.8, 4) is 0 Å². The lowest BCUT2D eigenvalue weighted by molar-refractivity contribution is -0.120. The number of rotatable bonds is 2. The molecule has 0 spiro atoms. The lowest BCUT2D eigenvalue weighted by atomic mass is 9.88. The first-order valence-corrected chi connectivity index (χ1v) is 6.48. The first-order valence-electron chi connectivity index (χ1n) is 6.11. The molecule has 0 unspecified atom stereocenters.